The lowest BCUT2D eigenvalue weighted by molar-refractivity contribution is 1.02. The molecule has 10 heavy (non-hydrogen) atoms. The minimum Gasteiger partial charge on any atom is -0.396 e. The minimum absolute atomic E-state index is 0.590. The molecule has 0 fully saturated rings. The number of aromatic nitrogens is 1. The standard InChI is InChI=1S/C6H10N4/c1-10(8)6-2-3-9-4-5(6)7/h2-4H,7-8H2,1H3. The number of hydrogen-bond donors (Lipinski definition) is 2. The van der Waals surface area contributed by atoms with E-state index in [9.17, 15) is 0 Å². The van der Waals surface area contributed by atoms with Crippen LogP contribution in [0.2, 0.25) is 0 Å². The topological polar surface area (TPSA) is 68.2 Å². The predicted molar refractivity (Wildman–Crippen MR) is 41.2 cm³/mol. The number of nitrogens with two attached hydrogens (primary N) is 2. The molecule has 0 aliphatic rings. The molecule has 0 spiro atoms. The summed E-state index contributed by atoms with van der Waals surface area (Å²) in [5, 5.41) is 1.46. The molecule has 0 atom stereocenters. The number of nitrogens with zero attached hydrogens (tertiary/aromatic N) is 2. The van der Waals surface area contributed by atoms with Crippen molar-refractivity contribution >= 4 is 11.4 Å². The molecule has 0 bridgehead atoms. The molecule has 1 rings (SSSR count). The number of hydrazine groups is 1. The van der Waals surface area contributed by atoms with Crippen LogP contribution < -0.4 is 16.6 Å². The Morgan fingerprint density at radius 3 is 2.70 bits per heavy atom. The fraction of sp³-hybridized carbons (Fsp3) is 0.167. The Kier molecular flexibility index (Phi) is 1.73. The minimum atomic E-state index is 0.590. The smallest absolute Gasteiger partial charge is 0.0774 e. The number of pyridine rings is 1. The average Bonchev–Trinajstić information content (AvgIpc) is 1.88. The molecule has 0 unspecified atom stereocenters. The summed E-state index contributed by atoms with van der Waals surface area (Å²) in [6.45, 7) is 0. The molecule has 0 aromatic carbocycles. The van der Waals surface area contributed by atoms with Crippen molar-refractivity contribution in [2.75, 3.05) is 17.8 Å². The Bertz CT molecular complexity index is 221. The van der Waals surface area contributed by atoms with Gasteiger partial charge >= 0.3 is 0 Å². The van der Waals surface area contributed by atoms with Crippen LogP contribution >= 0.6 is 0 Å². The molecule has 0 saturated carbocycles. The molecular weight excluding hydrogens is 128 g/mol. The molecule has 0 aliphatic carbocycles. The first-order valence-electron chi connectivity index (χ1n) is 2.89. The lowest BCUT2D eigenvalue weighted by Crippen LogP contribution is -2.25. The van der Waals surface area contributed by atoms with E-state index in [2.05, 4.69) is 4.98 Å². The lowest BCUT2D eigenvalue weighted by Gasteiger charge is -2.12. The molecular formula is C6H10N4. The Morgan fingerprint density at radius 2 is 2.30 bits per heavy atom. The first-order chi connectivity index (χ1) is 4.72. The van der Waals surface area contributed by atoms with E-state index in [-0.39, 0.29) is 0 Å². The predicted octanol–water partition coefficient (Wildman–Crippen LogP) is -0.0263. The zero-order chi connectivity index (χ0) is 7.56. The van der Waals surface area contributed by atoms with Crippen molar-refractivity contribution in [3.8, 4) is 0 Å². The van der Waals surface area contributed by atoms with Gasteiger partial charge in [0.1, 0.15) is 0 Å². The fourth-order valence-electron chi connectivity index (χ4n) is 0.721. The summed E-state index contributed by atoms with van der Waals surface area (Å²) in [5.74, 6) is 5.44. The second-order valence-corrected chi connectivity index (χ2v) is 2.05. The molecule has 1 heterocycles. The van der Waals surface area contributed by atoms with Gasteiger partial charge in [0, 0.05) is 13.2 Å². The van der Waals surface area contributed by atoms with Crippen LogP contribution in [0.5, 0.6) is 0 Å². The van der Waals surface area contributed by atoms with Crippen LogP contribution in [0.4, 0.5) is 11.4 Å². The van der Waals surface area contributed by atoms with Gasteiger partial charge in [0.05, 0.1) is 17.6 Å². The number of nitrogen functional groups attached to an aromatic ring is 1. The van der Waals surface area contributed by atoms with Crippen LogP contribution in [-0.2, 0) is 0 Å². The summed E-state index contributed by atoms with van der Waals surface area (Å²) in [6, 6.07) is 1.76. The maximum atomic E-state index is 5.54. The largest absolute Gasteiger partial charge is 0.396 e. The second kappa shape index (κ2) is 2.53. The van der Waals surface area contributed by atoms with Gasteiger partial charge in [-0.25, -0.2) is 5.84 Å². The van der Waals surface area contributed by atoms with Crippen molar-refractivity contribution in [2.24, 2.45) is 5.84 Å². The molecule has 4 heteroatoms. The Hall–Kier alpha value is -1.29. The van der Waals surface area contributed by atoms with Gasteiger partial charge in [-0.15, -0.1) is 0 Å². The highest BCUT2D eigenvalue weighted by molar-refractivity contribution is 5.64. The van der Waals surface area contributed by atoms with Gasteiger partial charge in [0.2, 0.25) is 0 Å². The SMILES string of the molecule is CN(N)c1ccncc1N. The van der Waals surface area contributed by atoms with Crippen LogP contribution in [0.15, 0.2) is 18.5 Å². The van der Waals surface area contributed by atoms with Crippen molar-refractivity contribution in [1.29, 1.82) is 0 Å². The molecule has 0 amide bonds. The van der Waals surface area contributed by atoms with E-state index >= 15 is 0 Å². The highest BCUT2D eigenvalue weighted by Crippen LogP contribution is 2.16. The van der Waals surface area contributed by atoms with Crippen LogP contribution in [0.3, 0.4) is 0 Å². The van der Waals surface area contributed by atoms with Crippen LogP contribution in [0, 0.1) is 0 Å². The van der Waals surface area contributed by atoms with E-state index in [0.29, 0.717) is 5.69 Å². The fourth-order valence-corrected chi connectivity index (χ4v) is 0.721. The molecule has 0 radical (unpaired) electrons. The highest BCUT2D eigenvalue weighted by Gasteiger charge is 1.97. The zero-order valence-corrected chi connectivity index (χ0v) is 5.78. The molecule has 4 nitrogen and oxygen atoms in total. The third-order valence-corrected chi connectivity index (χ3v) is 1.21. The van der Waals surface area contributed by atoms with Gasteiger partial charge in [0.15, 0.2) is 0 Å². The zero-order valence-electron chi connectivity index (χ0n) is 5.78. The van der Waals surface area contributed by atoms with E-state index in [1.54, 1.807) is 25.5 Å². The lowest BCUT2D eigenvalue weighted by atomic mass is 10.3. The normalized spacial score (nSPS) is 9.40. The van der Waals surface area contributed by atoms with E-state index in [4.69, 9.17) is 11.6 Å². The monoisotopic (exact) mass is 138 g/mol. The van der Waals surface area contributed by atoms with E-state index in [0.717, 1.165) is 5.69 Å². The third kappa shape index (κ3) is 1.16. The van der Waals surface area contributed by atoms with E-state index in [1.807, 2.05) is 0 Å². The number of rotatable bonds is 1. The third-order valence-electron chi connectivity index (χ3n) is 1.21. The summed E-state index contributed by atoms with van der Waals surface area (Å²) in [4.78, 5) is 3.82. The summed E-state index contributed by atoms with van der Waals surface area (Å²) in [6.07, 6.45) is 3.22. The first-order valence-corrected chi connectivity index (χ1v) is 2.89. The number of anilines is 2. The van der Waals surface area contributed by atoms with Gasteiger partial charge in [-0.05, 0) is 6.07 Å². The second-order valence-electron chi connectivity index (χ2n) is 2.05. The van der Waals surface area contributed by atoms with Crippen LogP contribution in [0.25, 0.3) is 0 Å². The van der Waals surface area contributed by atoms with Gasteiger partial charge in [-0.3, -0.25) is 4.98 Å². The van der Waals surface area contributed by atoms with E-state index in [1.165, 1.54) is 5.01 Å². The maximum Gasteiger partial charge on any atom is 0.0774 e. The summed E-state index contributed by atoms with van der Waals surface area (Å²) < 4.78 is 0. The number of hydrogen-bond acceptors (Lipinski definition) is 4. The van der Waals surface area contributed by atoms with Crippen molar-refractivity contribution < 1.29 is 0 Å². The Labute approximate surface area is 59.4 Å². The molecule has 0 aliphatic heterocycles. The maximum absolute atomic E-state index is 5.54. The molecule has 54 valence electrons. The van der Waals surface area contributed by atoms with Crippen LogP contribution in [-0.4, -0.2) is 12.0 Å². The van der Waals surface area contributed by atoms with Crippen molar-refractivity contribution in [3.05, 3.63) is 18.5 Å². The van der Waals surface area contributed by atoms with Gasteiger partial charge in [-0.1, -0.05) is 0 Å². The Morgan fingerprint density at radius 1 is 1.60 bits per heavy atom. The molecule has 1 aromatic heterocycles. The van der Waals surface area contributed by atoms with Crippen molar-refractivity contribution in [2.45, 2.75) is 0 Å². The van der Waals surface area contributed by atoms with Crippen molar-refractivity contribution in [3.63, 3.8) is 0 Å². The highest BCUT2D eigenvalue weighted by atomic mass is 15.4. The Balaban J connectivity index is 3.03. The summed E-state index contributed by atoms with van der Waals surface area (Å²) in [7, 11) is 1.73. The quantitative estimate of drug-likeness (QED) is 0.422. The summed E-state index contributed by atoms with van der Waals surface area (Å²) in [5.41, 5.74) is 6.91. The van der Waals surface area contributed by atoms with Crippen LogP contribution in [0.1, 0.15) is 0 Å². The first kappa shape index (κ1) is 6.82. The molecule has 0 saturated heterocycles. The van der Waals surface area contributed by atoms with E-state index < -0.39 is 0 Å². The van der Waals surface area contributed by atoms with Crippen molar-refractivity contribution in [1.82, 2.24) is 4.98 Å². The summed E-state index contributed by atoms with van der Waals surface area (Å²) >= 11 is 0. The molecule has 1 aromatic rings. The average molecular weight is 138 g/mol. The van der Waals surface area contributed by atoms with Gasteiger partial charge < -0.3 is 10.7 Å². The molecule has 4 N–H and O–H groups in total. The van der Waals surface area contributed by atoms with Gasteiger partial charge in [0.25, 0.3) is 0 Å². The van der Waals surface area contributed by atoms with Gasteiger partial charge in [-0.2, -0.15) is 0 Å².